The summed E-state index contributed by atoms with van der Waals surface area (Å²) < 4.78 is 9.98. The van der Waals surface area contributed by atoms with Crippen molar-refractivity contribution >= 4 is 5.78 Å². The van der Waals surface area contributed by atoms with Crippen LogP contribution < -0.4 is 4.74 Å². The zero-order chi connectivity index (χ0) is 10.7. The van der Waals surface area contributed by atoms with Crippen LogP contribution in [0.5, 0.6) is 5.75 Å². The molecule has 0 N–H and O–H groups in total. The molecule has 2 rings (SSSR count). The van der Waals surface area contributed by atoms with Crippen LogP contribution in [0.1, 0.15) is 16.1 Å². The molecule has 0 amide bonds. The SMILES string of the molecule is COc1cncc(C(=O)c2ccco2)c1. The third-order valence-electron chi connectivity index (χ3n) is 1.96. The first-order chi connectivity index (χ1) is 7.31. The molecule has 0 atom stereocenters. The molecule has 0 unspecified atom stereocenters. The first-order valence-corrected chi connectivity index (χ1v) is 4.38. The number of ether oxygens (including phenoxy) is 1. The first kappa shape index (κ1) is 9.45. The van der Waals surface area contributed by atoms with Crippen LogP contribution in [0.3, 0.4) is 0 Å². The molecule has 0 fully saturated rings. The predicted molar refractivity (Wildman–Crippen MR) is 52.9 cm³/mol. The number of rotatable bonds is 3. The topological polar surface area (TPSA) is 52.3 Å². The maximum absolute atomic E-state index is 11.8. The zero-order valence-electron chi connectivity index (χ0n) is 8.14. The molecule has 4 nitrogen and oxygen atoms in total. The highest BCUT2D eigenvalue weighted by atomic mass is 16.5. The Morgan fingerprint density at radius 3 is 3.00 bits per heavy atom. The number of ketones is 1. The second-order valence-electron chi connectivity index (χ2n) is 2.92. The normalized spacial score (nSPS) is 9.93. The molecule has 0 aromatic carbocycles. The highest BCUT2D eigenvalue weighted by molar-refractivity contribution is 6.07. The molecule has 0 aliphatic carbocycles. The molecule has 0 saturated heterocycles. The van der Waals surface area contributed by atoms with Crippen molar-refractivity contribution in [3.63, 3.8) is 0 Å². The van der Waals surface area contributed by atoms with Crippen molar-refractivity contribution in [2.24, 2.45) is 0 Å². The van der Waals surface area contributed by atoms with E-state index in [1.165, 1.54) is 19.6 Å². The summed E-state index contributed by atoms with van der Waals surface area (Å²) >= 11 is 0. The molecule has 0 radical (unpaired) electrons. The van der Waals surface area contributed by atoms with Gasteiger partial charge in [0.25, 0.3) is 0 Å². The van der Waals surface area contributed by atoms with Crippen molar-refractivity contribution in [1.29, 1.82) is 0 Å². The van der Waals surface area contributed by atoms with Gasteiger partial charge in [0.15, 0.2) is 5.76 Å². The monoisotopic (exact) mass is 203 g/mol. The molecule has 0 spiro atoms. The Morgan fingerprint density at radius 2 is 2.33 bits per heavy atom. The lowest BCUT2D eigenvalue weighted by atomic mass is 10.1. The van der Waals surface area contributed by atoms with Gasteiger partial charge in [-0.3, -0.25) is 9.78 Å². The fourth-order valence-corrected chi connectivity index (χ4v) is 1.20. The Hall–Kier alpha value is -2.10. The van der Waals surface area contributed by atoms with E-state index in [2.05, 4.69) is 4.98 Å². The van der Waals surface area contributed by atoms with E-state index in [1.54, 1.807) is 24.4 Å². The van der Waals surface area contributed by atoms with Crippen LogP contribution in [-0.2, 0) is 0 Å². The van der Waals surface area contributed by atoms with E-state index >= 15 is 0 Å². The quantitative estimate of drug-likeness (QED) is 0.715. The van der Waals surface area contributed by atoms with Gasteiger partial charge >= 0.3 is 0 Å². The molecule has 2 aromatic rings. The largest absolute Gasteiger partial charge is 0.495 e. The fourth-order valence-electron chi connectivity index (χ4n) is 1.20. The molecule has 76 valence electrons. The second kappa shape index (κ2) is 3.96. The number of aromatic nitrogens is 1. The highest BCUT2D eigenvalue weighted by Crippen LogP contribution is 2.14. The number of carbonyl (C=O) groups is 1. The van der Waals surface area contributed by atoms with E-state index in [4.69, 9.17) is 9.15 Å². The lowest BCUT2D eigenvalue weighted by Gasteiger charge is -2.00. The molecule has 0 aliphatic heterocycles. The van der Waals surface area contributed by atoms with Crippen LogP contribution in [0.25, 0.3) is 0 Å². The zero-order valence-corrected chi connectivity index (χ0v) is 8.14. The van der Waals surface area contributed by atoms with Gasteiger partial charge in [0.2, 0.25) is 5.78 Å². The molecule has 2 aromatic heterocycles. The van der Waals surface area contributed by atoms with Crippen molar-refractivity contribution in [2.75, 3.05) is 7.11 Å². The van der Waals surface area contributed by atoms with Crippen molar-refractivity contribution in [1.82, 2.24) is 4.98 Å². The predicted octanol–water partition coefficient (Wildman–Crippen LogP) is 1.91. The van der Waals surface area contributed by atoms with Gasteiger partial charge in [-0.15, -0.1) is 0 Å². The summed E-state index contributed by atoms with van der Waals surface area (Å²) in [6, 6.07) is 4.90. The summed E-state index contributed by atoms with van der Waals surface area (Å²) in [4.78, 5) is 15.7. The van der Waals surface area contributed by atoms with Crippen LogP contribution in [-0.4, -0.2) is 17.9 Å². The minimum atomic E-state index is -0.202. The average molecular weight is 203 g/mol. The summed E-state index contributed by atoms with van der Waals surface area (Å²) in [5.74, 6) is 0.642. The Kier molecular flexibility index (Phi) is 2.49. The highest BCUT2D eigenvalue weighted by Gasteiger charge is 2.12. The average Bonchev–Trinajstić information content (AvgIpc) is 2.81. The molecular formula is C11H9NO3. The molecular weight excluding hydrogens is 194 g/mol. The molecule has 0 bridgehead atoms. The van der Waals surface area contributed by atoms with Crippen molar-refractivity contribution in [3.05, 3.63) is 48.2 Å². The Morgan fingerprint density at radius 1 is 1.47 bits per heavy atom. The summed E-state index contributed by atoms with van der Waals surface area (Å²) in [7, 11) is 1.53. The van der Waals surface area contributed by atoms with Gasteiger partial charge in [-0.1, -0.05) is 0 Å². The number of nitrogens with zero attached hydrogens (tertiary/aromatic N) is 1. The van der Waals surface area contributed by atoms with Gasteiger partial charge in [0.05, 0.1) is 19.6 Å². The van der Waals surface area contributed by atoms with Crippen molar-refractivity contribution in [3.8, 4) is 5.75 Å². The first-order valence-electron chi connectivity index (χ1n) is 4.38. The number of hydrogen-bond acceptors (Lipinski definition) is 4. The van der Waals surface area contributed by atoms with E-state index in [0.717, 1.165) is 0 Å². The Bertz CT molecular complexity index is 462. The minimum absolute atomic E-state index is 0.202. The van der Waals surface area contributed by atoms with Gasteiger partial charge in [-0.25, -0.2) is 0 Å². The number of hydrogen-bond donors (Lipinski definition) is 0. The van der Waals surface area contributed by atoms with Gasteiger partial charge in [0.1, 0.15) is 5.75 Å². The summed E-state index contributed by atoms with van der Waals surface area (Å²) in [5, 5.41) is 0. The van der Waals surface area contributed by atoms with Crippen LogP contribution in [0.2, 0.25) is 0 Å². The van der Waals surface area contributed by atoms with E-state index in [1.807, 2.05) is 0 Å². The number of carbonyl (C=O) groups excluding carboxylic acids is 1. The third kappa shape index (κ3) is 1.88. The molecule has 4 heteroatoms. The lowest BCUT2D eigenvalue weighted by molar-refractivity contribution is 0.101. The minimum Gasteiger partial charge on any atom is -0.495 e. The molecule has 2 heterocycles. The smallest absolute Gasteiger partial charge is 0.229 e. The number of furan rings is 1. The maximum atomic E-state index is 11.8. The summed E-state index contributed by atoms with van der Waals surface area (Å²) in [5.41, 5.74) is 0.448. The summed E-state index contributed by atoms with van der Waals surface area (Å²) in [6.07, 6.45) is 4.48. The molecule has 0 saturated carbocycles. The Labute approximate surface area is 86.5 Å². The van der Waals surface area contributed by atoms with E-state index in [-0.39, 0.29) is 5.78 Å². The van der Waals surface area contributed by atoms with Crippen LogP contribution in [0.15, 0.2) is 41.3 Å². The van der Waals surface area contributed by atoms with Gasteiger partial charge < -0.3 is 9.15 Å². The Balaban J connectivity index is 2.34. The van der Waals surface area contributed by atoms with Gasteiger partial charge in [-0.05, 0) is 18.2 Å². The van der Waals surface area contributed by atoms with Crippen LogP contribution >= 0.6 is 0 Å². The van der Waals surface area contributed by atoms with Crippen LogP contribution in [0.4, 0.5) is 0 Å². The fraction of sp³-hybridized carbons (Fsp3) is 0.0909. The second-order valence-corrected chi connectivity index (χ2v) is 2.92. The maximum Gasteiger partial charge on any atom is 0.229 e. The standard InChI is InChI=1S/C11H9NO3/c1-14-9-5-8(6-12-7-9)11(13)10-3-2-4-15-10/h2-7H,1H3. The van der Waals surface area contributed by atoms with Gasteiger partial charge in [-0.2, -0.15) is 0 Å². The molecule has 0 aliphatic rings. The third-order valence-corrected chi connectivity index (χ3v) is 1.96. The van der Waals surface area contributed by atoms with E-state index in [9.17, 15) is 4.79 Å². The number of methoxy groups -OCH3 is 1. The van der Waals surface area contributed by atoms with Crippen LogP contribution in [0, 0.1) is 0 Å². The molecule has 15 heavy (non-hydrogen) atoms. The lowest BCUT2D eigenvalue weighted by Crippen LogP contribution is -2.00. The number of pyridine rings is 1. The van der Waals surface area contributed by atoms with Crippen molar-refractivity contribution in [2.45, 2.75) is 0 Å². The van der Waals surface area contributed by atoms with E-state index in [0.29, 0.717) is 17.1 Å². The summed E-state index contributed by atoms with van der Waals surface area (Å²) in [6.45, 7) is 0. The van der Waals surface area contributed by atoms with E-state index < -0.39 is 0 Å². The van der Waals surface area contributed by atoms with Gasteiger partial charge in [0, 0.05) is 11.8 Å². The van der Waals surface area contributed by atoms with Crippen molar-refractivity contribution < 1.29 is 13.9 Å².